The molecule has 138 valence electrons. The summed E-state index contributed by atoms with van der Waals surface area (Å²) in [6.45, 7) is 18.1. The zero-order valence-electron chi connectivity index (χ0n) is 15.9. The summed E-state index contributed by atoms with van der Waals surface area (Å²) >= 11 is -3.77. The van der Waals surface area contributed by atoms with E-state index >= 15 is 0 Å². The van der Waals surface area contributed by atoms with Crippen LogP contribution in [0, 0.1) is 5.92 Å². The summed E-state index contributed by atoms with van der Waals surface area (Å²) < 4.78 is 14.1. The largest absolute Gasteiger partial charge is 0.147 e. The summed E-state index contributed by atoms with van der Waals surface area (Å²) in [4.78, 5) is 0. The van der Waals surface area contributed by atoms with Crippen LogP contribution < -0.4 is 3.26 Å². The van der Waals surface area contributed by atoms with Crippen molar-refractivity contribution in [3.05, 3.63) is 20.0 Å². The Morgan fingerprint density at radius 3 is 1.96 bits per heavy atom. The predicted molar refractivity (Wildman–Crippen MR) is 105 cm³/mol. The van der Waals surface area contributed by atoms with Crippen LogP contribution in [-0.4, -0.2) is 30.7 Å². The van der Waals surface area contributed by atoms with Gasteiger partial charge in [-0.3, -0.25) is 0 Å². The smallest absolute Gasteiger partial charge is 0.147 e. The summed E-state index contributed by atoms with van der Waals surface area (Å²) in [5.41, 5.74) is 4.27. The van der Waals surface area contributed by atoms with Gasteiger partial charge in [-0.05, 0) is 0 Å². The normalized spacial score (nSPS) is 19.7. The maximum atomic E-state index is 9.28. The summed E-state index contributed by atoms with van der Waals surface area (Å²) in [6, 6.07) is 0. The molecule has 0 radical (unpaired) electrons. The van der Waals surface area contributed by atoms with Gasteiger partial charge in [-0.15, -0.1) is 24.8 Å². The van der Waals surface area contributed by atoms with Crippen molar-refractivity contribution >= 4 is 31.7 Å². The van der Waals surface area contributed by atoms with Crippen LogP contribution in [-0.2, 0) is 20.9 Å². The predicted octanol–water partition coefficient (Wildman–Crippen LogP) is 3.60. The van der Waals surface area contributed by atoms with Crippen molar-refractivity contribution in [3.8, 4) is 0 Å². The van der Waals surface area contributed by atoms with E-state index in [1.54, 1.807) is 0 Å². The van der Waals surface area contributed by atoms with E-state index in [0.29, 0.717) is 12.5 Å². The fourth-order valence-corrected chi connectivity index (χ4v) is 24.8. The second-order valence-electron chi connectivity index (χ2n) is 7.90. The van der Waals surface area contributed by atoms with Gasteiger partial charge in [0, 0.05) is 0 Å². The molecule has 1 aliphatic carbocycles. The van der Waals surface area contributed by atoms with E-state index in [2.05, 4.69) is 56.4 Å². The van der Waals surface area contributed by atoms with Crippen LogP contribution in [0.15, 0.2) is 20.0 Å². The molecule has 0 heterocycles. The van der Waals surface area contributed by atoms with Crippen LogP contribution in [0.3, 0.4) is 0 Å². The Labute approximate surface area is 158 Å². The number of hydrogen-bond acceptors (Lipinski definition) is 3. The van der Waals surface area contributed by atoms with E-state index in [0.717, 1.165) is 0 Å². The number of halogens is 2. The van der Waals surface area contributed by atoms with E-state index < -0.39 is 18.1 Å². The fourth-order valence-electron chi connectivity index (χ4n) is 3.90. The van der Waals surface area contributed by atoms with Gasteiger partial charge in [0.05, 0.1) is 0 Å². The molecule has 1 rings (SSSR count). The van der Waals surface area contributed by atoms with E-state index in [9.17, 15) is 5.11 Å². The monoisotopic (exact) mass is 461 g/mol. The fraction of sp³-hybridized carbons (Fsp3) is 0.750. The molecular weight excluding hydrogens is 428 g/mol. The first-order chi connectivity index (χ1) is 9.32. The maximum absolute atomic E-state index is 9.28. The van der Waals surface area contributed by atoms with E-state index in [1.165, 1.54) is 20.0 Å². The van der Waals surface area contributed by atoms with Gasteiger partial charge in [-0.25, -0.2) is 0 Å². The Balaban J connectivity index is 0. The molecule has 0 saturated heterocycles. The molecule has 2 N–H and O–H groups in total. The third kappa shape index (κ3) is 5.77. The second-order valence-corrected chi connectivity index (χ2v) is 29.9. The van der Waals surface area contributed by atoms with Crippen molar-refractivity contribution in [2.24, 2.45) is 5.92 Å². The molecule has 7 heteroatoms. The Hall–Kier alpha value is 1.04. The van der Waals surface area contributed by atoms with Gasteiger partial charge >= 0.3 is 134 Å². The first-order valence-corrected chi connectivity index (χ1v) is 19.7. The van der Waals surface area contributed by atoms with Gasteiger partial charge < -0.3 is 0 Å². The van der Waals surface area contributed by atoms with Gasteiger partial charge in [0.2, 0.25) is 0 Å². The quantitative estimate of drug-likeness (QED) is 0.612. The molecular formula is C16H35Cl2NO2SiZr. The first kappa shape index (κ1) is 26.3. The van der Waals surface area contributed by atoms with Crippen LogP contribution in [0.5, 0.6) is 0 Å². The molecule has 3 nitrogen and oxygen atoms in total. The molecule has 1 aliphatic rings. The summed E-state index contributed by atoms with van der Waals surface area (Å²) in [7, 11) is 0. The van der Waals surface area contributed by atoms with Crippen LogP contribution in [0.4, 0.5) is 0 Å². The molecule has 0 aromatic carbocycles. The third-order valence-electron chi connectivity index (χ3n) is 4.63. The molecule has 1 unspecified atom stereocenters. The summed E-state index contributed by atoms with van der Waals surface area (Å²) in [6.07, 6.45) is 0. The minimum Gasteiger partial charge on any atom is -0.147 e. The number of nitrogens with one attached hydrogen (secondary N) is 1. The van der Waals surface area contributed by atoms with Crippen molar-refractivity contribution < 1.29 is 26.0 Å². The van der Waals surface area contributed by atoms with Gasteiger partial charge in [-0.2, -0.15) is 0 Å². The molecule has 0 amide bonds. The standard InChI is InChI=1S/C9H13.C4H10N.C2H5O2.CH3.2ClH.H2Si.Zr/c1-6-5-7(2)9(4)8(6)3;1-4(2,3)5;3-1-2-4;;;;;/h6H,1-4H3;5H,1-3H3;3H,1-2H2;1H3;2*1H;1H2;/q;2*-1;;;;;+2. The maximum Gasteiger partial charge on any atom is -0.147 e. The van der Waals surface area contributed by atoms with Crippen molar-refractivity contribution in [2.45, 2.75) is 58.6 Å². The Kier molecular flexibility index (Phi) is 9.84. The van der Waals surface area contributed by atoms with E-state index in [-0.39, 0.29) is 37.0 Å². The van der Waals surface area contributed by atoms with Crippen LogP contribution in [0.1, 0.15) is 48.5 Å². The van der Waals surface area contributed by atoms with Crippen molar-refractivity contribution in [2.75, 3.05) is 13.2 Å². The molecule has 0 aromatic rings. The molecule has 1 atom stereocenters. The van der Waals surface area contributed by atoms with Crippen molar-refractivity contribution in [1.29, 1.82) is 0 Å². The minimum atomic E-state index is -3.77. The first-order valence-electron chi connectivity index (χ1n) is 7.82. The molecule has 0 saturated carbocycles. The zero-order valence-corrected chi connectivity index (χ0v) is 21.4. The Bertz CT molecular complexity index is 567. The molecule has 0 aliphatic heterocycles. The Morgan fingerprint density at radius 1 is 1.17 bits per heavy atom. The van der Waals surface area contributed by atoms with Crippen LogP contribution in [0.25, 0.3) is 0 Å². The third-order valence-corrected chi connectivity index (χ3v) is 20.5. The average molecular weight is 464 g/mol. The molecule has 0 bridgehead atoms. The Morgan fingerprint density at radius 2 is 1.65 bits per heavy atom. The molecule has 0 spiro atoms. The van der Waals surface area contributed by atoms with Crippen molar-refractivity contribution in [1.82, 2.24) is 3.26 Å². The number of allylic oxidation sites excluding steroid dienone is 4. The molecule has 0 aromatic heterocycles. The summed E-state index contributed by atoms with van der Waals surface area (Å²) in [5.74, 6) is 0.437. The van der Waals surface area contributed by atoms with E-state index in [4.69, 9.17) is 2.81 Å². The topological polar surface area (TPSA) is 41.5 Å². The van der Waals surface area contributed by atoms with Crippen LogP contribution in [0.2, 0.25) is 4.63 Å². The number of hydrogen-bond donors (Lipinski definition) is 2. The average Bonchev–Trinajstić information content (AvgIpc) is 2.49. The SMILES string of the molecule is CC1=C(C)C(C)[C]([Zr]([CH3])(=[SiH2])([NH]C(C)(C)C)[O]CCO)=C1C.Cl.Cl. The number of aliphatic hydroxyl groups excluding tert-OH is 1. The van der Waals surface area contributed by atoms with Gasteiger partial charge in [0.1, 0.15) is 0 Å². The second kappa shape index (κ2) is 8.62. The van der Waals surface area contributed by atoms with Crippen molar-refractivity contribution in [3.63, 3.8) is 0 Å². The van der Waals surface area contributed by atoms with Gasteiger partial charge in [0.25, 0.3) is 0 Å². The minimum absolute atomic E-state index is 0. The van der Waals surface area contributed by atoms with Gasteiger partial charge in [0.15, 0.2) is 0 Å². The number of rotatable bonds is 5. The molecule has 0 fully saturated rings. The van der Waals surface area contributed by atoms with Crippen LogP contribution >= 0.6 is 24.8 Å². The zero-order chi connectivity index (χ0) is 16.7. The van der Waals surface area contributed by atoms with Gasteiger partial charge in [-0.1, -0.05) is 0 Å². The molecule has 23 heavy (non-hydrogen) atoms. The number of aliphatic hydroxyl groups is 1. The van der Waals surface area contributed by atoms with E-state index in [1.807, 2.05) is 6.88 Å². The summed E-state index contributed by atoms with van der Waals surface area (Å²) in [5, 5.41) is 9.28.